The van der Waals surface area contributed by atoms with Gasteiger partial charge in [0.05, 0.1) is 0 Å². The third-order valence-electron chi connectivity index (χ3n) is 2.09. The van der Waals surface area contributed by atoms with Crippen molar-refractivity contribution in [2.24, 2.45) is 0 Å². The first-order chi connectivity index (χ1) is 6.79. The molecule has 0 saturated heterocycles. The van der Waals surface area contributed by atoms with E-state index in [1.165, 1.54) is 30.1 Å². The third kappa shape index (κ3) is 3.79. The molecule has 4 atom stereocenters. The van der Waals surface area contributed by atoms with Crippen molar-refractivity contribution in [3.8, 4) is 0 Å². The predicted molar refractivity (Wildman–Crippen MR) is 77.1 cm³/mol. The number of aryl methyl sites for hydroxylation is 1. The number of hydrogen-bond acceptors (Lipinski definition) is 1. The Morgan fingerprint density at radius 2 is 2.36 bits per heavy atom. The molecule has 0 amide bonds. The lowest BCUT2D eigenvalue weighted by molar-refractivity contribution is 0.797. The Morgan fingerprint density at radius 1 is 1.57 bits per heavy atom. The van der Waals surface area contributed by atoms with Crippen LogP contribution in [0.25, 0.3) is 0 Å². The van der Waals surface area contributed by atoms with Crippen LogP contribution in [0.1, 0.15) is 25.3 Å². The second kappa shape index (κ2) is 7.19. The van der Waals surface area contributed by atoms with Gasteiger partial charge in [-0.15, -0.1) is 17.9 Å². The van der Waals surface area contributed by atoms with Crippen LogP contribution >= 0.6 is 33.1 Å². The van der Waals surface area contributed by atoms with E-state index in [1.54, 1.807) is 0 Å². The molecule has 1 nitrogen and oxygen atoms in total. The van der Waals surface area contributed by atoms with E-state index in [1.807, 2.05) is 12.4 Å². The number of aromatic nitrogens is 1. The zero-order valence-electron chi connectivity index (χ0n) is 8.40. The average Bonchev–Trinajstić information content (AvgIpc) is 2.25. The van der Waals surface area contributed by atoms with Crippen molar-refractivity contribution >= 4 is 38.4 Å². The second-order valence-corrected chi connectivity index (χ2v) is 12.2. The SMILES string of the molecule is CCCCc1ccncc1P(P)PP. The standard InChI is InChI=1S/C9H17NP4/c1-2-3-4-8-5-6-10-7-9(8)14(12)13-11/h5-7,13H,2-4,11-12H2,1H3. The van der Waals surface area contributed by atoms with E-state index in [0.717, 1.165) is 7.96 Å². The first-order valence-electron chi connectivity index (χ1n) is 4.73. The molecule has 0 spiro atoms. The van der Waals surface area contributed by atoms with E-state index in [2.05, 4.69) is 35.8 Å². The van der Waals surface area contributed by atoms with Crippen LogP contribution in [-0.2, 0) is 6.42 Å². The van der Waals surface area contributed by atoms with Gasteiger partial charge in [0.2, 0.25) is 0 Å². The topological polar surface area (TPSA) is 12.9 Å². The van der Waals surface area contributed by atoms with Crippen LogP contribution in [-0.4, -0.2) is 4.98 Å². The Morgan fingerprint density at radius 3 is 3.00 bits per heavy atom. The Kier molecular flexibility index (Phi) is 6.65. The molecule has 0 N–H and O–H groups in total. The molecule has 78 valence electrons. The molecule has 4 unspecified atom stereocenters. The summed E-state index contributed by atoms with van der Waals surface area (Å²) in [6, 6.07) is 2.18. The number of rotatable bonds is 5. The average molecular weight is 263 g/mol. The molecule has 0 saturated carbocycles. The number of hydrogen-bond donors (Lipinski definition) is 0. The highest BCUT2D eigenvalue weighted by Gasteiger charge is 2.08. The highest BCUT2D eigenvalue weighted by atomic mass is 32.6. The summed E-state index contributed by atoms with van der Waals surface area (Å²) in [5, 5.41) is 1.47. The van der Waals surface area contributed by atoms with Gasteiger partial charge in [0.15, 0.2) is 0 Å². The maximum atomic E-state index is 4.22. The first kappa shape index (κ1) is 12.9. The molecule has 0 aliphatic carbocycles. The minimum Gasteiger partial charge on any atom is -0.264 e. The van der Waals surface area contributed by atoms with Crippen LogP contribution in [0.2, 0.25) is 0 Å². The maximum absolute atomic E-state index is 4.22. The quantitative estimate of drug-likeness (QED) is 0.738. The van der Waals surface area contributed by atoms with Gasteiger partial charge in [-0.2, -0.15) is 0 Å². The third-order valence-corrected chi connectivity index (χ3v) is 12.2. The van der Waals surface area contributed by atoms with Crippen molar-refractivity contribution in [3.63, 3.8) is 0 Å². The summed E-state index contributed by atoms with van der Waals surface area (Å²) < 4.78 is 0. The van der Waals surface area contributed by atoms with Gasteiger partial charge >= 0.3 is 0 Å². The normalized spacial score (nSPS) is 13.6. The van der Waals surface area contributed by atoms with Gasteiger partial charge in [0.1, 0.15) is 0 Å². The highest BCUT2D eigenvalue weighted by molar-refractivity contribution is 8.63. The molecule has 5 heteroatoms. The number of unbranched alkanes of at least 4 members (excludes halogenated alkanes) is 1. The van der Waals surface area contributed by atoms with Crippen LogP contribution in [0.5, 0.6) is 0 Å². The van der Waals surface area contributed by atoms with Crippen molar-refractivity contribution < 1.29 is 0 Å². The zero-order chi connectivity index (χ0) is 10.4. The van der Waals surface area contributed by atoms with Gasteiger partial charge in [-0.05, 0) is 31.8 Å². The summed E-state index contributed by atoms with van der Waals surface area (Å²) in [6.45, 7) is 2.24. The Labute approximate surface area is 93.9 Å². The monoisotopic (exact) mass is 263 g/mol. The van der Waals surface area contributed by atoms with Crippen LogP contribution in [0.4, 0.5) is 0 Å². The van der Waals surface area contributed by atoms with Gasteiger partial charge < -0.3 is 0 Å². The van der Waals surface area contributed by atoms with Gasteiger partial charge in [-0.25, -0.2) is 0 Å². The fourth-order valence-electron chi connectivity index (χ4n) is 1.28. The van der Waals surface area contributed by atoms with E-state index in [9.17, 15) is 0 Å². The van der Waals surface area contributed by atoms with Crippen molar-refractivity contribution in [1.29, 1.82) is 0 Å². The van der Waals surface area contributed by atoms with Crippen LogP contribution in [0.3, 0.4) is 0 Å². The van der Waals surface area contributed by atoms with Crippen molar-refractivity contribution in [2.45, 2.75) is 26.2 Å². The molecule has 14 heavy (non-hydrogen) atoms. The molecule has 0 fully saturated rings. The largest absolute Gasteiger partial charge is 0.264 e. The van der Waals surface area contributed by atoms with E-state index in [0.29, 0.717) is 0 Å². The van der Waals surface area contributed by atoms with Gasteiger partial charge in [0.25, 0.3) is 0 Å². The number of nitrogens with zero attached hydrogens (tertiary/aromatic N) is 1. The molecule has 0 aliphatic rings. The maximum Gasteiger partial charge on any atom is 0.0354 e. The summed E-state index contributed by atoms with van der Waals surface area (Å²) in [4.78, 5) is 4.22. The van der Waals surface area contributed by atoms with E-state index >= 15 is 0 Å². The van der Waals surface area contributed by atoms with Gasteiger partial charge in [-0.3, -0.25) is 4.98 Å². The molecule has 1 rings (SSSR count). The second-order valence-electron chi connectivity index (χ2n) is 3.11. The lowest BCUT2D eigenvalue weighted by Crippen LogP contribution is -2.05. The molecule has 0 bridgehead atoms. The van der Waals surface area contributed by atoms with Crippen LogP contribution in [0.15, 0.2) is 18.5 Å². The molecule has 1 heterocycles. The predicted octanol–water partition coefficient (Wildman–Crippen LogP) is 3.71. The van der Waals surface area contributed by atoms with Crippen molar-refractivity contribution in [2.75, 3.05) is 0 Å². The molecule has 0 radical (unpaired) electrons. The molecule has 0 aliphatic heterocycles. The molecular weight excluding hydrogens is 246 g/mol. The summed E-state index contributed by atoms with van der Waals surface area (Å²) in [7, 11) is 6.66. The Balaban J connectivity index is 2.79. The van der Waals surface area contributed by atoms with Gasteiger partial charge in [0, 0.05) is 17.7 Å². The Bertz CT molecular complexity index is 279. The van der Waals surface area contributed by atoms with Crippen LogP contribution < -0.4 is 5.30 Å². The summed E-state index contributed by atoms with van der Waals surface area (Å²) in [5.41, 5.74) is 1.50. The van der Waals surface area contributed by atoms with E-state index in [-0.39, 0.29) is 7.30 Å². The molecule has 0 aromatic carbocycles. The van der Waals surface area contributed by atoms with Crippen LogP contribution in [0, 0.1) is 0 Å². The summed E-state index contributed by atoms with van der Waals surface area (Å²) >= 11 is 0. The van der Waals surface area contributed by atoms with Crippen molar-refractivity contribution in [1.82, 2.24) is 4.98 Å². The lowest BCUT2D eigenvalue weighted by Gasteiger charge is -2.13. The summed E-state index contributed by atoms with van der Waals surface area (Å²) in [5.74, 6) is 0. The fraction of sp³-hybridized carbons (Fsp3) is 0.444. The molecular formula is C9H17NP4. The lowest BCUT2D eigenvalue weighted by atomic mass is 10.1. The smallest absolute Gasteiger partial charge is 0.0354 e. The Hall–Kier alpha value is 0.870. The van der Waals surface area contributed by atoms with Gasteiger partial charge in [-0.1, -0.05) is 21.3 Å². The number of pyridine rings is 1. The zero-order valence-corrected chi connectivity index (χ0v) is 12.6. The molecule has 1 aromatic rings. The fourth-order valence-corrected chi connectivity index (χ4v) is 5.08. The summed E-state index contributed by atoms with van der Waals surface area (Å²) in [6.07, 6.45) is 7.70. The molecule has 1 aromatic heterocycles. The van der Waals surface area contributed by atoms with E-state index in [4.69, 9.17) is 0 Å². The minimum atomic E-state index is -0.0659. The minimum absolute atomic E-state index is 0.0659. The van der Waals surface area contributed by atoms with E-state index < -0.39 is 0 Å². The van der Waals surface area contributed by atoms with Crippen molar-refractivity contribution in [3.05, 3.63) is 24.0 Å². The first-order valence-corrected chi connectivity index (χ1v) is 11.3. The highest BCUT2D eigenvalue weighted by Crippen LogP contribution is 2.65.